The summed E-state index contributed by atoms with van der Waals surface area (Å²) in [5.74, 6) is -0.402. The van der Waals surface area contributed by atoms with Crippen LogP contribution in [0.5, 0.6) is 5.75 Å². The molecule has 4 rings (SSSR count). The van der Waals surface area contributed by atoms with E-state index in [4.69, 9.17) is 27.9 Å². The van der Waals surface area contributed by atoms with E-state index in [1.165, 1.54) is 26.8 Å². The van der Waals surface area contributed by atoms with E-state index in [0.29, 0.717) is 53.8 Å². The van der Waals surface area contributed by atoms with Crippen molar-refractivity contribution in [1.29, 1.82) is 0 Å². The average molecular weight is 619 g/mol. The standard InChI is InChI=1S/C26H33Cl2N3O6S2/c27-24-11-6-20(17-25(24)28)19-38(33,34)31-15-4-5-21(18-31)26(32)29-12-16-37-22-7-9-23(10-8-22)39(35,36)30-13-2-1-3-14-30/h6-11,17,21H,1-5,12-16,18-19H2,(H,29,32). The quantitative estimate of drug-likeness (QED) is 0.405. The first kappa shape index (κ1) is 30.1. The molecule has 0 aliphatic carbocycles. The highest BCUT2D eigenvalue weighted by molar-refractivity contribution is 7.89. The van der Waals surface area contributed by atoms with Crippen LogP contribution in [0.4, 0.5) is 0 Å². The smallest absolute Gasteiger partial charge is 0.243 e. The van der Waals surface area contributed by atoms with E-state index in [1.807, 2.05) is 0 Å². The fourth-order valence-electron chi connectivity index (χ4n) is 4.79. The Morgan fingerprint density at radius 2 is 1.59 bits per heavy atom. The number of halogens is 2. The molecule has 9 nitrogen and oxygen atoms in total. The molecule has 0 radical (unpaired) electrons. The number of carbonyl (C=O) groups is 1. The summed E-state index contributed by atoms with van der Waals surface area (Å²) in [4.78, 5) is 13.0. The number of nitrogens with one attached hydrogen (secondary N) is 1. The summed E-state index contributed by atoms with van der Waals surface area (Å²) in [6.07, 6.45) is 3.98. The van der Waals surface area contributed by atoms with E-state index in [1.54, 1.807) is 24.3 Å². The van der Waals surface area contributed by atoms with Crippen LogP contribution in [0.25, 0.3) is 0 Å². The predicted octanol–water partition coefficient (Wildman–Crippen LogP) is 3.91. The van der Waals surface area contributed by atoms with Crippen molar-refractivity contribution in [2.24, 2.45) is 5.92 Å². The van der Waals surface area contributed by atoms with Crippen LogP contribution in [0.1, 0.15) is 37.7 Å². The van der Waals surface area contributed by atoms with Gasteiger partial charge in [-0.15, -0.1) is 0 Å². The Balaban J connectivity index is 1.23. The number of hydrogen-bond acceptors (Lipinski definition) is 6. The maximum absolute atomic E-state index is 13.0. The zero-order chi connectivity index (χ0) is 28.0. The molecule has 0 spiro atoms. The first-order valence-corrected chi connectivity index (χ1v) is 16.8. The highest BCUT2D eigenvalue weighted by atomic mass is 35.5. The van der Waals surface area contributed by atoms with Crippen molar-refractivity contribution in [3.05, 3.63) is 58.1 Å². The van der Waals surface area contributed by atoms with Crippen molar-refractivity contribution in [2.45, 2.75) is 42.8 Å². The van der Waals surface area contributed by atoms with Gasteiger partial charge >= 0.3 is 0 Å². The zero-order valence-corrected chi connectivity index (χ0v) is 24.7. The van der Waals surface area contributed by atoms with Crippen LogP contribution >= 0.6 is 23.2 Å². The molecule has 2 heterocycles. The first-order valence-electron chi connectivity index (χ1n) is 13.0. The Hall–Kier alpha value is -1.89. The summed E-state index contributed by atoms with van der Waals surface area (Å²) in [5, 5.41) is 3.46. The fraction of sp³-hybridized carbons (Fsp3) is 0.500. The molecule has 1 amide bonds. The van der Waals surface area contributed by atoms with Crippen molar-refractivity contribution in [3.63, 3.8) is 0 Å². The van der Waals surface area contributed by atoms with Gasteiger partial charge in [-0.05, 0) is 67.6 Å². The minimum absolute atomic E-state index is 0.114. The third-order valence-electron chi connectivity index (χ3n) is 6.93. The topological polar surface area (TPSA) is 113 Å². The van der Waals surface area contributed by atoms with E-state index in [2.05, 4.69) is 5.32 Å². The second kappa shape index (κ2) is 13.2. The second-order valence-corrected chi connectivity index (χ2v) is 14.5. The minimum atomic E-state index is -3.63. The van der Waals surface area contributed by atoms with E-state index in [0.717, 1.165) is 19.3 Å². The molecule has 13 heteroatoms. The molecule has 2 aliphatic heterocycles. The van der Waals surface area contributed by atoms with Gasteiger partial charge in [0.2, 0.25) is 26.0 Å². The fourth-order valence-corrected chi connectivity index (χ4v) is 8.23. The summed E-state index contributed by atoms with van der Waals surface area (Å²) in [7, 11) is -7.14. The van der Waals surface area contributed by atoms with Crippen molar-refractivity contribution >= 4 is 49.2 Å². The molecule has 1 unspecified atom stereocenters. The zero-order valence-electron chi connectivity index (χ0n) is 21.5. The number of sulfonamides is 2. The van der Waals surface area contributed by atoms with Gasteiger partial charge < -0.3 is 10.1 Å². The molecule has 2 saturated heterocycles. The van der Waals surface area contributed by atoms with Crippen LogP contribution in [-0.4, -0.2) is 70.7 Å². The van der Waals surface area contributed by atoms with Gasteiger partial charge in [-0.3, -0.25) is 4.79 Å². The molecular formula is C26H33Cl2N3O6S2. The van der Waals surface area contributed by atoms with E-state index in [9.17, 15) is 21.6 Å². The van der Waals surface area contributed by atoms with Crippen LogP contribution < -0.4 is 10.1 Å². The number of amides is 1. The molecule has 0 aromatic heterocycles. The number of hydrogen-bond donors (Lipinski definition) is 1. The van der Waals surface area contributed by atoms with Gasteiger partial charge in [-0.2, -0.15) is 4.31 Å². The lowest BCUT2D eigenvalue weighted by molar-refractivity contribution is -0.126. The lowest BCUT2D eigenvalue weighted by Gasteiger charge is -2.31. The maximum atomic E-state index is 13.0. The van der Waals surface area contributed by atoms with Crippen molar-refractivity contribution in [2.75, 3.05) is 39.3 Å². The number of benzene rings is 2. The molecule has 214 valence electrons. The van der Waals surface area contributed by atoms with Gasteiger partial charge in [0.1, 0.15) is 12.4 Å². The van der Waals surface area contributed by atoms with Gasteiger partial charge in [0.05, 0.1) is 33.2 Å². The summed E-state index contributed by atoms with van der Waals surface area (Å²) < 4.78 is 60.0. The Labute approximate surface area is 240 Å². The summed E-state index contributed by atoms with van der Waals surface area (Å²) in [5.41, 5.74) is 0.533. The number of ether oxygens (including phenoxy) is 1. The van der Waals surface area contributed by atoms with E-state index in [-0.39, 0.29) is 36.3 Å². The van der Waals surface area contributed by atoms with Gasteiger partial charge in [-0.1, -0.05) is 35.7 Å². The minimum Gasteiger partial charge on any atom is -0.492 e. The first-order chi connectivity index (χ1) is 18.6. The summed E-state index contributed by atoms with van der Waals surface area (Å²) in [6, 6.07) is 11.0. The summed E-state index contributed by atoms with van der Waals surface area (Å²) in [6.45, 7) is 1.99. The van der Waals surface area contributed by atoms with Crippen LogP contribution in [-0.2, 0) is 30.6 Å². The van der Waals surface area contributed by atoms with Crippen molar-refractivity contribution in [3.8, 4) is 5.75 Å². The normalized spacial score (nSPS) is 19.5. The highest BCUT2D eigenvalue weighted by Crippen LogP contribution is 2.26. The van der Waals surface area contributed by atoms with Gasteiger partial charge in [0, 0.05) is 26.2 Å². The Kier molecular flexibility index (Phi) is 10.2. The van der Waals surface area contributed by atoms with Crippen LogP contribution in [0.15, 0.2) is 47.4 Å². The molecule has 1 atom stereocenters. The molecular weight excluding hydrogens is 585 g/mol. The average Bonchev–Trinajstić information content (AvgIpc) is 2.93. The Morgan fingerprint density at radius 3 is 2.28 bits per heavy atom. The third kappa shape index (κ3) is 7.86. The molecule has 2 fully saturated rings. The number of carbonyl (C=O) groups excluding carboxylic acids is 1. The van der Waals surface area contributed by atoms with E-state index < -0.39 is 26.0 Å². The SMILES string of the molecule is O=C(NCCOc1ccc(S(=O)(=O)N2CCCCC2)cc1)C1CCCN(S(=O)(=O)Cc2ccc(Cl)c(Cl)c2)C1. The number of rotatable bonds is 10. The molecule has 0 saturated carbocycles. The van der Waals surface area contributed by atoms with Gasteiger partial charge in [0.25, 0.3) is 0 Å². The Bertz CT molecular complexity index is 1360. The molecule has 2 aromatic carbocycles. The van der Waals surface area contributed by atoms with Gasteiger partial charge in [-0.25, -0.2) is 21.1 Å². The third-order valence-corrected chi connectivity index (χ3v) is 11.4. The van der Waals surface area contributed by atoms with Crippen molar-refractivity contribution in [1.82, 2.24) is 13.9 Å². The molecule has 39 heavy (non-hydrogen) atoms. The van der Waals surface area contributed by atoms with Crippen LogP contribution in [0, 0.1) is 5.92 Å². The molecule has 0 bridgehead atoms. The van der Waals surface area contributed by atoms with Gasteiger partial charge in [0.15, 0.2) is 0 Å². The largest absolute Gasteiger partial charge is 0.492 e. The lowest BCUT2D eigenvalue weighted by Crippen LogP contribution is -2.46. The maximum Gasteiger partial charge on any atom is 0.243 e. The predicted molar refractivity (Wildman–Crippen MR) is 151 cm³/mol. The number of piperidine rings is 2. The van der Waals surface area contributed by atoms with Crippen LogP contribution in [0.3, 0.4) is 0 Å². The summed E-state index contributed by atoms with van der Waals surface area (Å²) >= 11 is 11.9. The number of nitrogens with zero attached hydrogens (tertiary/aromatic N) is 2. The molecule has 1 N–H and O–H groups in total. The highest BCUT2D eigenvalue weighted by Gasteiger charge is 2.32. The van der Waals surface area contributed by atoms with Crippen LogP contribution in [0.2, 0.25) is 10.0 Å². The molecule has 2 aromatic rings. The van der Waals surface area contributed by atoms with Crippen molar-refractivity contribution < 1.29 is 26.4 Å². The second-order valence-electron chi connectivity index (χ2n) is 9.78. The van der Waals surface area contributed by atoms with E-state index >= 15 is 0 Å². The Morgan fingerprint density at radius 1 is 0.897 bits per heavy atom. The lowest BCUT2D eigenvalue weighted by atomic mass is 9.99. The molecule has 2 aliphatic rings. The monoisotopic (exact) mass is 617 g/mol.